The topological polar surface area (TPSA) is 48.0 Å². The molecular formula is C20H16ClN5. The Kier molecular flexibility index (Phi) is 3.36. The van der Waals surface area contributed by atoms with Crippen molar-refractivity contribution in [2.24, 2.45) is 0 Å². The number of benzene rings is 2. The lowest BCUT2D eigenvalue weighted by molar-refractivity contribution is 0.938. The molecule has 4 aromatic rings. The number of pyridine rings is 1. The molecule has 1 aliphatic heterocycles. The van der Waals surface area contributed by atoms with Gasteiger partial charge in [0.15, 0.2) is 5.82 Å². The van der Waals surface area contributed by atoms with Crippen molar-refractivity contribution in [2.45, 2.75) is 0 Å². The van der Waals surface area contributed by atoms with Crippen molar-refractivity contribution in [1.82, 2.24) is 15.0 Å². The summed E-state index contributed by atoms with van der Waals surface area (Å²) in [7, 11) is 2.06. The van der Waals surface area contributed by atoms with Gasteiger partial charge in [-0.05, 0) is 54.6 Å². The number of imidazole rings is 1. The van der Waals surface area contributed by atoms with E-state index in [1.807, 2.05) is 30.5 Å². The molecule has 2 aromatic carbocycles. The van der Waals surface area contributed by atoms with Crippen molar-refractivity contribution in [3.8, 4) is 11.4 Å². The first-order valence-electron chi connectivity index (χ1n) is 8.38. The number of nitrogens with one attached hydrogen (secondary N) is 1. The maximum atomic E-state index is 6.06. The van der Waals surface area contributed by atoms with Crippen LogP contribution in [0.5, 0.6) is 0 Å². The lowest BCUT2D eigenvalue weighted by atomic mass is 10.2. The fourth-order valence-electron chi connectivity index (χ4n) is 3.39. The maximum Gasteiger partial charge on any atom is 0.153 e. The summed E-state index contributed by atoms with van der Waals surface area (Å²) in [5.41, 5.74) is 5.15. The van der Waals surface area contributed by atoms with Gasteiger partial charge in [-0.3, -0.25) is 0 Å². The van der Waals surface area contributed by atoms with Crippen molar-refractivity contribution in [1.29, 1.82) is 0 Å². The summed E-state index contributed by atoms with van der Waals surface area (Å²) in [5, 5.41) is 0.702. The second-order valence-electron chi connectivity index (χ2n) is 6.41. The minimum Gasteiger partial charge on any atom is -0.340 e. The number of rotatable bonds is 2. The number of aromatic nitrogens is 3. The van der Waals surface area contributed by atoms with Crippen molar-refractivity contribution in [2.75, 3.05) is 23.5 Å². The molecule has 26 heavy (non-hydrogen) atoms. The van der Waals surface area contributed by atoms with Gasteiger partial charge in [0.05, 0.1) is 23.4 Å². The Morgan fingerprint density at radius 3 is 2.77 bits per heavy atom. The largest absolute Gasteiger partial charge is 0.340 e. The Hall–Kier alpha value is -3.05. The van der Waals surface area contributed by atoms with Crippen LogP contribution in [0.1, 0.15) is 0 Å². The van der Waals surface area contributed by atoms with Gasteiger partial charge in [0.1, 0.15) is 5.82 Å². The summed E-state index contributed by atoms with van der Waals surface area (Å²) < 4.78 is 0. The van der Waals surface area contributed by atoms with E-state index in [9.17, 15) is 0 Å². The Morgan fingerprint density at radius 1 is 1.08 bits per heavy atom. The van der Waals surface area contributed by atoms with Crippen molar-refractivity contribution < 1.29 is 0 Å². The highest BCUT2D eigenvalue weighted by molar-refractivity contribution is 6.31. The highest BCUT2D eigenvalue weighted by Gasteiger charge is 2.25. The van der Waals surface area contributed by atoms with Crippen LogP contribution in [-0.2, 0) is 0 Å². The zero-order chi connectivity index (χ0) is 17.7. The SMILES string of the molecule is CN1CN(c2ccc(-c3nc4ccc(Cl)cc4[nH]3)cc2)c2cccnc21. The molecule has 5 nitrogen and oxygen atoms in total. The molecular weight excluding hydrogens is 346 g/mol. The van der Waals surface area contributed by atoms with Crippen LogP contribution in [0.2, 0.25) is 5.02 Å². The van der Waals surface area contributed by atoms with Gasteiger partial charge in [-0.1, -0.05) is 11.6 Å². The lowest BCUT2D eigenvalue weighted by Crippen LogP contribution is -2.24. The number of nitrogens with zero attached hydrogens (tertiary/aromatic N) is 4. The summed E-state index contributed by atoms with van der Waals surface area (Å²) in [5.74, 6) is 1.85. The second-order valence-corrected chi connectivity index (χ2v) is 6.84. The Morgan fingerprint density at radius 2 is 1.92 bits per heavy atom. The first kappa shape index (κ1) is 15.2. The summed E-state index contributed by atoms with van der Waals surface area (Å²) in [6, 6.07) is 18.2. The molecule has 5 rings (SSSR count). The molecule has 0 saturated heterocycles. The molecule has 0 saturated carbocycles. The van der Waals surface area contributed by atoms with Crippen LogP contribution in [0.15, 0.2) is 60.8 Å². The van der Waals surface area contributed by atoms with Gasteiger partial charge in [0.25, 0.3) is 0 Å². The van der Waals surface area contributed by atoms with Crippen molar-refractivity contribution in [3.63, 3.8) is 0 Å². The van der Waals surface area contributed by atoms with Gasteiger partial charge in [-0.25, -0.2) is 9.97 Å². The first-order chi connectivity index (χ1) is 12.7. The first-order valence-corrected chi connectivity index (χ1v) is 8.76. The molecule has 1 aliphatic rings. The summed E-state index contributed by atoms with van der Waals surface area (Å²) >= 11 is 6.06. The third kappa shape index (κ3) is 2.40. The van der Waals surface area contributed by atoms with Crippen LogP contribution in [0, 0.1) is 0 Å². The van der Waals surface area contributed by atoms with Gasteiger partial charge in [-0.2, -0.15) is 0 Å². The molecule has 0 spiro atoms. The minimum absolute atomic E-state index is 0.702. The van der Waals surface area contributed by atoms with E-state index in [2.05, 4.69) is 62.1 Å². The van der Waals surface area contributed by atoms with E-state index in [1.165, 1.54) is 0 Å². The molecule has 0 aliphatic carbocycles. The molecule has 3 heterocycles. The lowest BCUT2D eigenvalue weighted by Gasteiger charge is -2.19. The van der Waals surface area contributed by atoms with Crippen LogP contribution in [0.4, 0.5) is 17.2 Å². The molecule has 0 radical (unpaired) electrons. The number of aromatic amines is 1. The number of hydrogen-bond acceptors (Lipinski definition) is 4. The van der Waals surface area contributed by atoms with Crippen molar-refractivity contribution in [3.05, 3.63) is 65.8 Å². The van der Waals surface area contributed by atoms with E-state index in [0.717, 1.165) is 46.3 Å². The number of anilines is 3. The summed E-state index contributed by atoms with van der Waals surface area (Å²) in [6.45, 7) is 0.787. The molecule has 2 aromatic heterocycles. The van der Waals surface area contributed by atoms with Gasteiger partial charge >= 0.3 is 0 Å². The fraction of sp³-hybridized carbons (Fsp3) is 0.100. The van der Waals surface area contributed by atoms with E-state index < -0.39 is 0 Å². The number of hydrogen-bond donors (Lipinski definition) is 1. The Labute approximate surface area is 155 Å². The quantitative estimate of drug-likeness (QED) is 0.556. The predicted octanol–water partition coefficient (Wildman–Crippen LogP) is 4.82. The van der Waals surface area contributed by atoms with Gasteiger partial charge in [0.2, 0.25) is 0 Å². The summed E-state index contributed by atoms with van der Waals surface area (Å²) in [4.78, 5) is 16.9. The number of halogens is 1. The minimum atomic E-state index is 0.702. The number of fused-ring (bicyclic) bond motifs is 2. The third-order valence-corrected chi connectivity index (χ3v) is 4.90. The van der Waals surface area contributed by atoms with Crippen LogP contribution >= 0.6 is 11.6 Å². The summed E-state index contributed by atoms with van der Waals surface area (Å²) in [6.07, 6.45) is 1.83. The zero-order valence-corrected chi connectivity index (χ0v) is 14.9. The second kappa shape index (κ2) is 5.75. The maximum absolute atomic E-state index is 6.06. The van der Waals surface area contributed by atoms with E-state index in [0.29, 0.717) is 5.02 Å². The van der Waals surface area contributed by atoms with Gasteiger partial charge in [0, 0.05) is 29.5 Å². The molecule has 128 valence electrons. The normalized spacial score (nSPS) is 13.5. The molecule has 0 unspecified atom stereocenters. The molecule has 0 fully saturated rings. The smallest absolute Gasteiger partial charge is 0.153 e. The van der Waals surface area contributed by atoms with Gasteiger partial charge in [-0.15, -0.1) is 0 Å². The van der Waals surface area contributed by atoms with Crippen LogP contribution in [0.3, 0.4) is 0 Å². The molecule has 0 amide bonds. The highest BCUT2D eigenvalue weighted by atomic mass is 35.5. The van der Waals surface area contributed by atoms with E-state index in [-0.39, 0.29) is 0 Å². The fourth-order valence-corrected chi connectivity index (χ4v) is 3.56. The standard InChI is InChI=1S/C20H16ClN5/c1-25-12-26(18-3-2-10-22-20(18)25)15-7-4-13(5-8-15)19-23-16-9-6-14(21)11-17(16)24-19/h2-11H,12H2,1H3,(H,23,24). The van der Waals surface area contributed by atoms with Crippen LogP contribution in [0.25, 0.3) is 22.4 Å². The van der Waals surface area contributed by atoms with Gasteiger partial charge < -0.3 is 14.8 Å². The van der Waals surface area contributed by atoms with Crippen LogP contribution < -0.4 is 9.80 Å². The average molecular weight is 362 g/mol. The van der Waals surface area contributed by atoms with E-state index >= 15 is 0 Å². The highest BCUT2D eigenvalue weighted by Crippen LogP contribution is 2.38. The average Bonchev–Trinajstić information content (AvgIpc) is 3.23. The molecule has 0 bridgehead atoms. The predicted molar refractivity (Wildman–Crippen MR) is 106 cm³/mol. The molecule has 6 heteroatoms. The number of H-pyrrole nitrogens is 1. The van der Waals surface area contributed by atoms with E-state index in [1.54, 1.807) is 0 Å². The third-order valence-electron chi connectivity index (χ3n) is 4.67. The van der Waals surface area contributed by atoms with Crippen LogP contribution in [-0.4, -0.2) is 28.7 Å². The molecule has 0 atom stereocenters. The Bertz CT molecular complexity index is 1100. The zero-order valence-electron chi connectivity index (χ0n) is 14.1. The monoisotopic (exact) mass is 361 g/mol. The van der Waals surface area contributed by atoms with E-state index in [4.69, 9.17) is 11.6 Å². The molecule has 1 N–H and O–H groups in total. The van der Waals surface area contributed by atoms with Crippen molar-refractivity contribution >= 4 is 39.8 Å². The Balaban J connectivity index is 1.49.